The van der Waals surface area contributed by atoms with Gasteiger partial charge in [-0.2, -0.15) is 0 Å². The van der Waals surface area contributed by atoms with Crippen LogP contribution in [0.25, 0.3) is 0 Å². The predicted molar refractivity (Wildman–Crippen MR) is 65.7 cm³/mol. The van der Waals surface area contributed by atoms with E-state index < -0.39 is 0 Å². The highest BCUT2D eigenvalue weighted by molar-refractivity contribution is 5.90. The lowest BCUT2D eigenvalue weighted by Crippen LogP contribution is -2.26. The number of aromatic nitrogens is 1. The summed E-state index contributed by atoms with van der Waals surface area (Å²) in [5.74, 6) is -0.706. The Labute approximate surface area is 103 Å². The highest BCUT2D eigenvalue weighted by atomic mass is 19.1. The Bertz CT molecular complexity index is 605. The summed E-state index contributed by atoms with van der Waals surface area (Å²) in [7, 11) is 0. The molecular formula is C13H11FN2O2. The quantitative estimate of drug-likeness (QED) is 0.894. The van der Waals surface area contributed by atoms with E-state index in [2.05, 4.69) is 5.32 Å². The summed E-state index contributed by atoms with van der Waals surface area (Å²) < 4.78 is 14.0. The zero-order valence-electron chi connectivity index (χ0n) is 9.47. The van der Waals surface area contributed by atoms with Crippen molar-refractivity contribution >= 4 is 11.6 Å². The fourth-order valence-electron chi connectivity index (χ4n) is 1.48. The van der Waals surface area contributed by atoms with E-state index in [0.29, 0.717) is 5.69 Å². The second-order valence-corrected chi connectivity index (χ2v) is 3.72. The monoisotopic (exact) mass is 246 g/mol. The molecule has 0 spiro atoms. The van der Waals surface area contributed by atoms with Gasteiger partial charge >= 0.3 is 0 Å². The smallest absolute Gasteiger partial charge is 0.250 e. The molecule has 1 amide bonds. The van der Waals surface area contributed by atoms with E-state index in [4.69, 9.17) is 0 Å². The lowest BCUT2D eigenvalue weighted by atomic mass is 10.3. The van der Waals surface area contributed by atoms with Crippen LogP contribution in [0.4, 0.5) is 10.1 Å². The summed E-state index contributed by atoms with van der Waals surface area (Å²) in [4.78, 5) is 23.0. The summed E-state index contributed by atoms with van der Waals surface area (Å²) in [6.07, 6.45) is 1.53. The minimum Gasteiger partial charge on any atom is -0.325 e. The van der Waals surface area contributed by atoms with Gasteiger partial charge in [0, 0.05) is 18.0 Å². The number of benzene rings is 1. The largest absolute Gasteiger partial charge is 0.325 e. The minimum absolute atomic E-state index is 0.0724. The van der Waals surface area contributed by atoms with Crippen molar-refractivity contribution in [1.29, 1.82) is 0 Å². The molecular weight excluding hydrogens is 235 g/mol. The van der Waals surface area contributed by atoms with Gasteiger partial charge in [0.05, 0.1) is 0 Å². The maximum atomic E-state index is 12.7. The fraction of sp³-hybridized carbons (Fsp3) is 0.0769. The van der Waals surface area contributed by atoms with Crippen molar-refractivity contribution in [3.63, 3.8) is 0 Å². The maximum Gasteiger partial charge on any atom is 0.250 e. The number of hydrogen-bond donors (Lipinski definition) is 1. The second-order valence-electron chi connectivity index (χ2n) is 3.72. The summed E-state index contributed by atoms with van der Waals surface area (Å²) in [5, 5.41) is 2.58. The average Bonchev–Trinajstić information content (AvgIpc) is 2.35. The number of hydrogen-bond acceptors (Lipinski definition) is 2. The van der Waals surface area contributed by atoms with E-state index in [1.165, 1.54) is 41.1 Å². The molecule has 2 aromatic rings. The van der Waals surface area contributed by atoms with Gasteiger partial charge in [-0.1, -0.05) is 6.07 Å². The van der Waals surface area contributed by atoms with E-state index in [-0.39, 0.29) is 23.8 Å². The SMILES string of the molecule is O=C(Cn1ccccc1=O)Nc1ccc(F)cc1. The Morgan fingerprint density at radius 1 is 1.17 bits per heavy atom. The zero-order chi connectivity index (χ0) is 13.0. The maximum absolute atomic E-state index is 12.7. The van der Waals surface area contributed by atoms with Crippen molar-refractivity contribution in [2.75, 3.05) is 5.32 Å². The van der Waals surface area contributed by atoms with Gasteiger partial charge in [0.1, 0.15) is 12.4 Å². The van der Waals surface area contributed by atoms with Gasteiger partial charge in [-0.3, -0.25) is 9.59 Å². The summed E-state index contributed by atoms with van der Waals surface area (Å²) >= 11 is 0. The molecule has 0 atom stereocenters. The molecule has 0 fully saturated rings. The van der Waals surface area contributed by atoms with Crippen molar-refractivity contribution in [2.45, 2.75) is 6.54 Å². The number of rotatable bonds is 3. The van der Waals surface area contributed by atoms with Gasteiger partial charge in [0.15, 0.2) is 0 Å². The number of amides is 1. The molecule has 1 aromatic heterocycles. The Morgan fingerprint density at radius 3 is 2.56 bits per heavy atom. The Balaban J connectivity index is 2.03. The molecule has 1 heterocycles. The number of halogens is 1. The molecule has 0 aliphatic heterocycles. The molecule has 92 valence electrons. The van der Waals surface area contributed by atoms with Crippen LogP contribution in [-0.2, 0) is 11.3 Å². The Kier molecular flexibility index (Phi) is 3.52. The number of anilines is 1. The summed E-state index contributed by atoms with van der Waals surface area (Å²) in [6.45, 7) is -0.0724. The lowest BCUT2D eigenvalue weighted by Gasteiger charge is -2.06. The number of carbonyl (C=O) groups excluding carboxylic acids is 1. The van der Waals surface area contributed by atoms with E-state index in [9.17, 15) is 14.0 Å². The first-order valence-electron chi connectivity index (χ1n) is 5.36. The normalized spacial score (nSPS) is 10.1. The van der Waals surface area contributed by atoms with Crippen LogP contribution in [0.1, 0.15) is 0 Å². The molecule has 1 aromatic carbocycles. The van der Waals surface area contributed by atoms with Gasteiger partial charge in [-0.15, -0.1) is 0 Å². The van der Waals surface area contributed by atoms with Crippen molar-refractivity contribution in [3.05, 3.63) is 64.8 Å². The third-order valence-electron chi connectivity index (χ3n) is 2.34. The molecule has 0 aliphatic rings. The highest BCUT2D eigenvalue weighted by Crippen LogP contribution is 2.07. The summed E-state index contributed by atoms with van der Waals surface area (Å²) in [5.41, 5.74) is 0.247. The fourth-order valence-corrected chi connectivity index (χ4v) is 1.48. The van der Waals surface area contributed by atoms with Crippen LogP contribution < -0.4 is 10.9 Å². The number of carbonyl (C=O) groups is 1. The van der Waals surface area contributed by atoms with E-state index in [1.807, 2.05) is 0 Å². The van der Waals surface area contributed by atoms with Crippen LogP contribution in [0.3, 0.4) is 0 Å². The third-order valence-corrected chi connectivity index (χ3v) is 2.34. The first-order valence-corrected chi connectivity index (χ1v) is 5.36. The van der Waals surface area contributed by atoms with Crippen molar-refractivity contribution in [2.24, 2.45) is 0 Å². The number of nitrogens with one attached hydrogen (secondary N) is 1. The number of pyridine rings is 1. The average molecular weight is 246 g/mol. The lowest BCUT2D eigenvalue weighted by molar-refractivity contribution is -0.116. The minimum atomic E-state index is -0.368. The number of nitrogens with zero attached hydrogens (tertiary/aromatic N) is 1. The predicted octanol–water partition coefficient (Wildman–Crippen LogP) is 1.63. The molecule has 2 rings (SSSR count). The first kappa shape index (κ1) is 12.0. The topological polar surface area (TPSA) is 51.1 Å². The molecule has 0 bridgehead atoms. The third kappa shape index (κ3) is 3.04. The van der Waals surface area contributed by atoms with Gasteiger partial charge in [-0.05, 0) is 30.3 Å². The van der Waals surface area contributed by atoms with Crippen LogP contribution >= 0.6 is 0 Å². The molecule has 0 saturated heterocycles. The molecule has 0 radical (unpaired) electrons. The van der Waals surface area contributed by atoms with Crippen LogP contribution in [0.5, 0.6) is 0 Å². The Hall–Kier alpha value is -2.43. The van der Waals surface area contributed by atoms with Gasteiger partial charge in [0.2, 0.25) is 5.91 Å². The van der Waals surface area contributed by atoms with Gasteiger partial charge in [0.25, 0.3) is 5.56 Å². The zero-order valence-corrected chi connectivity index (χ0v) is 9.47. The first-order chi connectivity index (χ1) is 8.65. The Morgan fingerprint density at radius 2 is 1.89 bits per heavy atom. The van der Waals surface area contributed by atoms with Crippen molar-refractivity contribution in [1.82, 2.24) is 4.57 Å². The van der Waals surface area contributed by atoms with Crippen molar-refractivity contribution < 1.29 is 9.18 Å². The van der Waals surface area contributed by atoms with E-state index in [1.54, 1.807) is 12.1 Å². The second kappa shape index (κ2) is 5.27. The molecule has 0 aliphatic carbocycles. The van der Waals surface area contributed by atoms with Crippen molar-refractivity contribution in [3.8, 4) is 0 Å². The molecule has 5 heteroatoms. The molecule has 4 nitrogen and oxygen atoms in total. The molecule has 0 saturated carbocycles. The van der Waals surface area contributed by atoms with E-state index >= 15 is 0 Å². The molecule has 0 unspecified atom stereocenters. The molecule has 1 N–H and O–H groups in total. The van der Waals surface area contributed by atoms with E-state index in [0.717, 1.165) is 0 Å². The van der Waals surface area contributed by atoms with Gasteiger partial charge < -0.3 is 9.88 Å². The van der Waals surface area contributed by atoms with Crippen LogP contribution in [0, 0.1) is 5.82 Å². The van der Waals surface area contributed by atoms with Crippen LogP contribution in [0.15, 0.2) is 53.5 Å². The highest BCUT2D eigenvalue weighted by Gasteiger charge is 2.04. The van der Waals surface area contributed by atoms with Crippen LogP contribution in [0.2, 0.25) is 0 Å². The standard InChI is InChI=1S/C13H11FN2O2/c14-10-4-6-11(7-5-10)15-12(17)9-16-8-2-1-3-13(16)18/h1-8H,9H2,(H,15,17). The summed E-state index contributed by atoms with van der Waals surface area (Å²) in [6, 6.07) is 10.1. The van der Waals surface area contributed by atoms with Gasteiger partial charge in [-0.25, -0.2) is 4.39 Å². The molecule has 18 heavy (non-hydrogen) atoms. The van der Waals surface area contributed by atoms with Crippen LogP contribution in [-0.4, -0.2) is 10.5 Å².